The molecule has 5 nitrogen and oxygen atoms in total. The molecule has 148 valence electrons. The summed E-state index contributed by atoms with van der Waals surface area (Å²) in [4.78, 5) is 8.71. The first-order chi connectivity index (χ1) is 12.4. The van der Waals surface area contributed by atoms with Crippen LogP contribution >= 0.6 is 11.9 Å². The summed E-state index contributed by atoms with van der Waals surface area (Å²) in [6, 6.07) is 0.598. The molecule has 0 unspecified atom stereocenters. The summed E-state index contributed by atoms with van der Waals surface area (Å²) in [5.41, 5.74) is 5.57. The van der Waals surface area contributed by atoms with E-state index in [1.54, 1.807) is 0 Å². The molecule has 0 spiro atoms. The predicted molar refractivity (Wildman–Crippen MR) is 107 cm³/mol. The van der Waals surface area contributed by atoms with Gasteiger partial charge in [-0.1, -0.05) is 50.5 Å². The summed E-state index contributed by atoms with van der Waals surface area (Å²) < 4.78 is 7.70. The zero-order valence-electron chi connectivity index (χ0n) is 16.0. The largest absolute Gasteiger partial charge is 0.379 e. The first kappa shape index (κ1) is 21.5. The fourth-order valence-electron chi connectivity index (χ4n) is 3.56. The molecule has 6 heteroatoms. The Kier molecular flexibility index (Phi) is 12.2. The van der Waals surface area contributed by atoms with Gasteiger partial charge in [-0.2, -0.15) is 0 Å². The molecule has 0 aromatic rings. The molecule has 0 radical (unpaired) electrons. The lowest BCUT2D eigenvalue weighted by molar-refractivity contribution is -0.114. The van der Waals surface area contributed by atoms with Gasteiger partial charge in [-0.05, 0) is 32.2 Å². The lowest BCUT2D eigenvalue weighted by Gasteiger charge is -2.31. The van der Waals surface area contributed by atoms with Gasteiger partial charge in [-0.3, -0.25) is 9.74 Å². The van der Waals surface area contributed by atoms with Gasteiger partial charge in [0.15, 0.2) is 0 Å². The lowest BCUT2D eigenvalue weighted by atomic mass is 10.1. The molecular weight excluding hydrogens is 334 g/mol. The molecule has 1 saturated carbocycles. The van der Waals surface area contributed by atoms with Gasteiger partial charge in [0.2, 0.25) is 0 Å². The van der Waals surface area contributed by atoms with E-state index < -0.39 is 0 Å². The number of morpholine rings is 1. The normalized spacial score (nSPS) is 20.9. The molecule has 2 rings (SSSR count). The molecule has 0 aromatic carbocycles. The van der Waals surface area contributed by atoms with E-state index in [2.05, 4.69) is 9.37 Å². The first-order valence-electron chi connectivity index (χ1n) is 10.5. The third-order valence-corrected chi connectivity index (χ3v) is 6.30. The molecule has 1 heterocycles. The number of hydrogen-bond acceptors (Lipinski definition) is 6. The van der Waals surface area contributed by atoms with Crippen molar-refractivity contribution in [1.82, 2.24) is 9.37 Å². The number of hydrogen-bond donors (Lipinski definition) is 1. The maximum Gasteiger partial charge on any atom is 0.0823 e. The Hall–Kier alpha value is 0.150. The Morgan fingerprint density at radius 3 is 2.44 bits per heavy atom. The summed E-state index contributed by atoms with van der Waals surface area (Å²) in [7, 11) is 0. The Balaban J connectivity index is 1.68. The van der Waals surface area contributed by atoms with Crippen molar-refractivity contribution in [3.05, 3.63) is 0 Å². The van der Waals surface area contributed by atoms with Crippen molar-refractivity contribution in [3.8, 4) is 0 Å². The molecule has 0 bridgehead atoms. The molecule has 1 aliphatic carbocycles. The molecule has 0 aromatic heterocycles. The highest BCUT2D eigenvalue weighted by Crippen LogP contribution is 2.27. The first-order valence-corrected chi connectivity index (χ1v) is 11.4. The maximum atomic E-state index is 6.26. The van der Waals surface area contributed by atoms with Gasteiger partial charge in [0, 0.05) is 31.4 Å². The average molecular weight is 374 g/mol. The van der Waals surface area contributed by atoms with Gasteiger partial charge >= 0.3 is 0 Å². The van der Waals surface area contributed by atoms with E-state index in [1.807, 2.05) is 11.9 Å². The highest BCUT2D eigenvalue weighted by Gasteiger charge is 2.22. The zero-order valence-corrected chi connectivity index (χ0v) is 16.8. The van der Waals surface area contributed by atoms with Crippen molar-refractivity contribution in [2.45, 2.75) is 70.3 Å². The third kappa shape index (κ3) is 9.59. The minimum Gasteiger partial charge on any atom is -0.379 e. The summed E-state index contributed by atoms with van der Waals surface area (Å²) in [5.74, 6) is 1.17. The van der Waals surface area contributed by atoms with Crippen molar-refractivity contribution in [1.29, 1.82) is 0 Å². The molecule has 2 N–H and O–H groups in total. The van der Waals surface area contributed by atoms with E-state index >= 15 is 0 Å². The Bertz CT molecular complexity index is 309. The van der Waals surface area contributed by atoms with Crippen LogP contribution in [0.5, 0.6) is 0 Å². The van der Waals surface area contributed by atoms with Crippen molar-refractivity contribution in [2.75, 3.05) is 51.8 Å². The van der Waals surface area contributed by atoms with Crippen LogP contribution in [0.15, 0.2) is 0 Å². The van der Waals surface area contributed by atoms with Gasteiger partial charge < -0.3 is 10.5 Å². The highest BCUT2D eigenvalue weighted by molar-refractivity contribution is 7.96. The minimum absolute atomic E-state index is 0.598. The van der Waals surface area contributed by atoms with E-state index in [1.165, 1.54) is 63.5 Å². The van der Waals surface area contributed by atoms with Crippen LogP contribution in [0, 0.1) is 0 Å². The number of hydroxylamine groups is 1. The summed E-state index contributed by atoms with van der Waals surface area (Å²) >= 11 is 1.92. The van der Waals surface area contributed by atoms with Gasteiger partial charge in [-0.25, -0.2) is 0 Å². The van der Waals surface area contributed by atoms with E-state index in [0.717, 1.165) is 52.4 Å². The van der Waals surface area contributed by atoms with E-state index in [9.17, 15) is 0 Å². The van der Waals surface area contributed by atoms with Crippen molar-refractivity contribution in [2.24, 2.45) is 5.73 Å². The summed E-state index contributed by atoms with van der Waals surface area (Å²) in [6.45, 7) is 6.46. The fraction of sp³-hybridized carbons (Fsp3) is 1.00. The van der Waals surface area contributed by atoms with Gasteiger partial charge in [0.1, 0.15) is 0 Å². The van der Waals surface area contributed by atoms with Crippen molar-refractivity contribution in [3.63, 3.8) is 0 Å². The number of unbranched alkanes of at least 4 members (excludes halogenated alkanes) is 3. The molecule has 25 heavy (non-hydrogen) atoms. The van der Waals surface area contributed by atoms with Gasteiger partial charge in [0.25, 0.3) is 0 Å². The van der Waals surface area contributed by atoms with Crippen LogP contribution in [0.4, 0.5) is 0 Å². The number of rotatable bonds is 12. The Morgan fingerprint density at radius 2 is 1.72 bits per heavy atom. The maximum absolute atomic E-state index is 6.26. The number of ether oxygens (including phenoxy) is 1. The predicted octanol–water partition coefficient (Wildman–Crippen LogP) is 3.44. The van der Waals surface area contributed by atoms with Crippen LogP contribution < -0.4 is 5.73 Å². The molecule has 0 amide bonds. The van der Waals surface area contributed by atoms with Crippen molar-refractivity contribution < 1.29 is 9.57 Å². The lowest BCUT2D eigenvalue weighted by Crippen LogP contribution is -2.40. The van der Waals surface area contributed by atoms with Crippen LogP contribution in [0.25, 0.3) is 0 Å². The van der Waals surface area contributed by atoms with E-state index in [-0.39, 0.29) is 0 Å². The quantitative estimate of drug-likeness (QED) is 0.245. The zero-order chi connectivity index (χ0) is 17.6. The van der Waals surface area contributed by atoms with Crippen LogP contribution in [0.2, 0.25) is 0 Å². The molecule has 0 atom stereocenters. The second kappa shape index (κ2) is 14.2. The number of nitrogens with two attached hydrogens (primary N) is 1. The topological polar surface area (TPSA) is 51.0 Å². The highest BCUT2D eigenvalue weighted by atomic mass is 32.2. The molecule has 1 saturated heterocycles. The Labute approximate surface area is 159 Å². The van der Waals surface area contributed by atoms with Crippen molar-refractivity contribution >= 4 is 11.9 Å². The Morgan fingerprint density at radius 1 is 1.00 bits per heavy atom. The molecule has 1 aliphatic heterocycles. The molecular formula is C19H39N3O2S. The number of nitrogens with zero attached hydrogens (tertiary/aromatic N) is 2. The standard InChI is InChI=1S/C19H39N3O2S/c20-11-7-3-4-8-18-25-22(19-9-5-1-2-6-10-19)24-17-14-21-12-15-23-16-13-21/h19H,1-18,20H2. The summed E-state index contributed by atoms with van der Waals surface area (Å²) in [5, 5.41) is 0. The van der Waals surface area contributed by atoms with E-state index in [0.29, 0.717) is 6.04 Å². The fourth-order valence-corrected chi connectivity index (χ4v) is 4.64. The third-order valence-electron chi connectivity index (χ3n) is 5.17. The molecule has 2 fully saturated rings. The van der Waals surface area contributed by atoms with E-state index in [4.69, 9.17) is 15.3 Å². The second-order valence-electron chi connectivity index (χ2n) is 7.25. The van der Waals surface area contributed by atoms with Crippen LogP contribution in [0.1, 0.15) is 64.2 Å². The van der Waals surface area contributed by atoms with Crippen LogP contribution in [-0.4, -0.2) is 67.2 Å². The monoisotopic (exact) mass is 373 g/mol. The smallest absolute Gasteiger partial charge is 0.0823 e. The molecule has 2 aliphatic rings. The van der Waals surface area contributed by atoms with Gasteiger partial charge in [-0.15, -0.1) is 4.47 Å². The van der Waals surface area contributed by atoms with Crippen LogP contribution in [0.3, 0.4) is 0 Å². The SMILES string of the molecule is NCCCCCCSN(OCCN1CCOCC1)C1CCCCCC1. The summed E-state index contributed by atoms with van der Waals surface area (Å²) in [6.07, 6.45) is 13.0. The average Bonchev–Trinajstić information content (AvgIpc) is 2.93. The second-order valence-corrected chi connectivity index (χ2v) is 8.28. The minimum atomic E-state index is 0.598. The van der Waals surface area contributed by atoms with Crippen LogP contribution in [-0.2, 0) is 9.57 Å². The van der Waals surface area contributed by atoms with Gasteiger partial charge in [0.05, 0.1) is 19.8 Å².